The van der Waals surface area contributed by atoms with E-state index in [-0.39, 0.29) is 30.0 Å². The summed E-state index contributed by atoms with van der Waals surface area (Å²) >= 11 is 0. The molecule has 0 aromatic heterocycles. The quantitative estimate of drug-likeness (QED) is 0.412. The van der Waals surface area contributed by atoms with Crippen LogP contribution in [-0.4, -0.2) is 61.2 Å². The third-order valence-corrected chi connectivity index (χ3v) is 4.65. The van der Waals surface area contributed by atoms with E-state index >= 15 is 0 Å². The molecule has 0 saturated carbocycles. The van der Waals surface area contributed by atoms with Crippen LogP contribution in [0.5, 0.6) is 0 Å². The summed E-state index contributed by atoms with van der Waals surface area (Å²) in [7, 11) is 1.73. The molecular weight excluding hydrogens is 444 g/mol. The van der Waals surface area contributed by atoms with Crippen molar-refractivity contribution in [3.63, 3.8) is 0 Å². The number of aliphatic imine (C=N–C) groups is 1. The van der Waals surface area contributed by atoms with E-state index in [1.807, 2.05) is 6.07 Å². The zero-order valence-electron chi connectivity index (χ0n) is 14.2. The number of hydrogen-bond acceptors (Lipinski definition) is 2. The Hall–Kier alpha value is -1.03. The largest absolute Gasteiger partial charge is 0.401 e. The van der Waals surface area contributed by atoms with Gasteiger partial charge in [-0.25, -0.2) is 0 Å². The van der Waals surface area contributed by atoms with Crippen LogP contribution in [-0.2, 0) is 13.0 Å². The lowest BCUT2D eigenvalue weighted by Gasteiger charge is -2.33. The van der Waals surface area contributed by atoms with Gasteiger partial charge in [0.25, 0.3) is 0 Å². The molecule has 0 spiro atoms. The zero-order chi connectivity index (χ0) is 17.2. The second-order valence-electron chi connectivity index (χ2n) is 6.47. The number of likely N-dealkylation sites (tertiary alicyclic amines) is 1. The number of guanidine groups is 1. The molecule has 1 saturated heterocycles. The third kappa shape index (κ3) is 5.47. The van der Waals surface area contributed by atoms with Crippen LogP contribution in [0.15, 0.2) is 29.3 Å². The molecule has 2 aliphatic rings. The van der Waals surface area contributed by atoms with E-state index < -0.39 is 12.7 Å². The molecule has 1 fully saturated rings. The van der Waals surface area contributed by atoms with E-state index in [4.69, 9.17) is 0 Å². The predicted molar refractivity (Wildman–Crippen MR) is 103 cm³/mol. The molecular formula is C17H24F3IN4. The Labute approximate surface area is 163 Å². The molecule has 3 rings (SSSR count). The van der Waals surface area contributed by atoms with E-state index in [1.165, 1.54) is 16.0 Å². The molecule has 1 unspecified atom stereocenters. The fourth-order valence-electron chi connectivity index (χ4n) is 3.50. The van der Waals surface area contributed by atoms with Gasteiger partial charge >= 0.3 is 6.18 Å². The molecule has 2 heterocycles. The van der Waals surface area contributed by atoms with Crippen molar-refractivity contribution in [1.29, 1.82) is 0 Å². The van der Waals surface area contributed by atoms with Gasteiger partial charge in [0.05, 0.1) is 6.54 Å². The standard InChI is InChI=1S/C17H23F3N4.HI/c1-21-16(22-15-7-8-23(11-15)12-17(18,19)20)24-9-6-13-4-2-3-5-14(13)10-24;/h2-5,15H,6-12H2,1H3,(H,21,22);1H. The van der Waals surface area contributed by atoms with E-state index in [0.29, 0.717) is 19.5 Å². The molecule has 1 N–H and O–H groups in total. The van der Waals surface area contributed by atoms with Crippen LogP contribution in [0.1, 0.15) is 17.5 Å². The Morgan fingerprint density at radius 2 is 1.96 bits per heavy atom. The van der Waals surface area contributed by atoms with E-state index in [1.54, 1.807) is 7.05 Å². The van der Waals surface area contributed by atoms with Gasteiger partial charge < -0.3 is 10.2 Å². The smallest absolute Gasteiger partial charge is 0.352 e. The average molecular weight is 468 g/mol. The molecule has 140 valence electrons. The Kier molecular flexibility index (Phi) is 6.95. The van der Waals surface area contributed by atoms with Crippen molar-refractivity contribution >= 4 is 29.9 Å². The number of nitrogens with one attached hydrogen (secondary N) is 1. The Morgan fingerprint density at radius 1 is 1.24 bits per heavy atom. The minimum Gasteiger partial charge on any atom is -0.352 e. The summed E-state index contributed by atoms with van der Waals surface area (Å²) in [6.07, 6.45) is -2.46. The van der Waals surface area contributed by atoms with Crippen LogP contribution >= 0.6 is 24.0 Å². The highest BCUT2D eigenvalue weighted by Gasteiger charge is 2.34. The number of alkyl halides is 3. The van der Waals surface area contributed by atoms with Crippen molar-refractivity contribution in [2.45, 2.75) is 31.6 Å². The normalized spacial score (nSPS) is 21.7. The van der Waals surface area contributed by atoms with Gasteiger partial charge in [-0.15, -0.1) is 24.0 Å². The van der Waals surface area contributed by atoms with Gasteiger partial charge in [0.2, 0.25) is 0 Å². The van der Waals surface area contributed by atoms with E-state index in [9.17, 15) is 13.2 Å². The lowest BCUT2D eigenvalue weighted by atomic mass is 10.0. The molecule has 0 radical (unpaired) electrons. The summed E-state index contributed by atoms with van der Waals surface area (Å²) in [4.78, 5) is 7.97. The van der Waals surface area contributed by atoms with Crippen molar-refractivity contribution in [3.8, 4) is 0 Å². The monoisotopic (exact) mass is 468 g/mol. The van der Waals surface area contributed by atoms with Gasteiger partial charge in [-0.1, -0.05) is 24.3 Å². The third-order valence-electron chi connectivity index (χ3n) is 4.65. The maximum atomic E-state index is 12.5. The molecule has 4 nitrogen and oxygen atoms in total. The zero-order valence-corrected chi connectivity index (χ0v) is 16.6. The molecule has 0 aliphatic carbocycles. The fourth-order valence-corrected chi connectivity index (χ4v) is 3.50. The first-order valence-corrected chi connectivity index (χ1v) is 8.29. The van der Waals surface area contributed by atoms with Crippen LogP contribution in [0.2, 0.25) is 0 Å². The predicted octanol–water partition coefficient (Wildman–Crippen LogP) is 2.87. The van der Waals surface area contributed by atoms with Gasteiger partial charge in [0, 0.05) is 39.3 Å². The summed E-state index contributed by atoms with van der Waals surface area (Å²) in [5, 5.41) is 3.35. The minimum absolute atomic E-state index is 0. The topological polar surface area (TPSA) is 30.9 Å². The highest BCUT2D eigenvalue weighted by molar-refractivity contribution is 14.0. The molecule has 2 aliphatic heterocycles. The maximum Gasteiger partial charge on any atom is 0.401 e. The summed E-state index contributed by atoms with van der Waals surface area (Å²) in [5.74, 6) is 0.781. The first kappa shape index (κ1) is 20.3. The molecule has 0 bridgehead atoms. The van der Waals surface area contributed by atoms with Gasteiger partial charge in [-0.2, -0.15) is 13.2 Å². The molecule has 1 aromatic rings. The van der Waals surface area contributed by atoms with Gasteiger partial charge in [0.15, 0.2) is 5.96 Å². The summed E-state index contributed by atoms with van der Waals surface area (Å²) < 4.78 is 37.5. The van der Waals surface area contributed by atoms with Crippen molar-refractivity contribution in [2.75, 3.05) is 33.2 Å². The number of nitrogens with zero attached hydrogens (tertiary/aromatic N) is 3. The van der Waals surface area contributed by atoms with Crippen LogP contribution < -0.4 is 5.32 Å². The van der Waals surface area contributed by atoms with Gasteiger partial charge in [-0.05, 0) is 24.0 Å². The van der Waals surface area contributed by atoms with Crippen LogP contribution in [0, 0.1) is 0 Å². The number of halogens is 4. The van der Waals surface area contributed by atoms with E-state index in [2.05, 4.69) is 33.4 Å². The van der Waals surface area contributed by atoms with Crippen molar-refractivity contribution in [2.24, 2.45) is 4.99 Å². The van der Waals surface area contributed by atoms with Crippen LogP contribution in [0.4, 0.5) is 13.2 Å². The van der Waals surface area contributed by atoms with Gasteiger partial charge in [-0.3, -0.25) is 9.89 Å². The lowest BCUT2D eigenvalue weighted by molar-refractivity contribution is -0.143. The highest BCUT2D eigenvalue weighted by atomic mass is 127. The molecule has 8 heteroatoms. The molecule has 25 heavy (non-hydrogen) atoms. The first-order valence-electron chi connectivity index (χ1n) is 8.29. The number of rotatable bonds is 2. The molecule has 1 aromatic carbocycles. The fraction of sp³-hybridized carbons (Fsp3) is 0.588. The second kappa shape index (κ2) is 8.57. The average Bonchev–Trinajstić information content (AvgIpc) is 2.97. The lowest BCUT2D eigenvalue weighted by Crippen LogP contribution is -2.48. The summed E-state index contributed by atoms with van der Waals surface area (Å²) in [6, 6.07) is 8.37. The Bertz CT molecular complexity index is 606. The van der Waals surface area contributed by atoms with Crippen LogP contribution in [0.25, 0.3) is 0 Å². The number of benzene rings is 1. The van der Waals surface area contributed by atoms with Crippen molar-refractivity contribution < 1.29 is 13.2 Å². The molecule has 1 atom stereocenters. The van der Waals surface area contributed by atoms with Crippen LogP contribution in [0.3, 0.4) is 0 Å². The first-order chi connectivity index (χ1) is 11.4. The highest BCUT2D eigenvalue weighted by Crippen LogP contribution is 2.21. The Morgan fingerprint density at radius 3 is 2.64 bits per heavy atom. The Balaban J connectivity index is 0.00000225. The molecule has 0 amide bonds. The minimum atomic E-state index is -4.13. The maximum absolute atomic E-state index is 12.5. The van der Waals surface area contributed by atoms with Crippen molar-refractivity contribution in [1.82, 2.24) is 15.1 Å². The summed E-state index contributed by atoms with van der Waals surface area (Å²) in [5.41, 5.74) is 2.65. The summed E-state index contributed by atoms with van der Waals surface area (Å²) in [6.45, 7) is 1.70. The number of fused-ring (bicyclic) bond motifs is 1. The second-order valence-corrected chi connectivity index (χ2v) is 6.47. The number of hydrogen-bond donors (Lipinski definition) is 1. The van der Waals surface area contributed by atoms with Gasteiger partial charge in [0.1, 0.15) is 0 Å². The SMILES string of the molecule is CN=C(NC1CCN(CC(F)(F)F)C1)N1CCc2ccccc2C1.I. The van der Waals surface area contributed by atoms with Crippen molar-refractivity contribution in [3.05, 3.63) is 35.4 Å². The van der Waals surface area contributed by atoms with E-state index in [0.717, 1.165) is 25.5 Å².